The third-order valence-electron chi connectivity index (χ3n) is 5.01. The molecule has 3 rings (SSSR count). The van der Waals surface area contributed by atoms with Crippen molar-refractivity contribution in [2.24, 2.45) is 0 Å². The number of piperidine rings is 1. The second kappa shape index (κ2) is 8.54. The highest BCUT2D eigenvalue weighted by molar-refractivity contribution is 6.34. The minimum atomic E-state index is -0.147. The molecular weight excluding hydrogens is 346 g/mol. The van der Waals surface area contributed by atoms with Crippen LogP contribution in [0.4, 0.5) is 5.69 Å². The lowest BCUT2D eigenvalue weighted by atomic mass is 10.0. The number of aryl methyl sites for hydroxylation is 1. The van der Waals surface area contributed by atoms with Crippen LogP contribution in [0.25, 0.3) is 0 Å². The molecule has 0 saturated carbocycles. The van der Waals surface area contributed by atoms with Crippen LogP contribution in [0.3, 0.4) is 0 Å². The molecule has 1 saturated heterocycles. The molecule has 1 amide bonds. The molecule has 5 heteroatoms. The van der Waals surface area contributed by atoms with E-state index in [9.17, 15) is 4.79 Å². The number of nitrogens with zero attached hydrogens (tertiary/aromatic N) is 2. The minimum absolute atomic E-state index is 0.126. The maximum atomic E-state index is 12.9. The zero-order valence-corrected chi connectivity index (χ0v) is 16.2. The van der Waals surface area contributed by atoms with Gasteiger partial charge in [0.15, 0.2) is 0 Å². The topological polar surface area (TPSA) is 45.2 Å². The van der Waals surface area contributed by atoms with E-state index >= 15 is 0 Å². The normalized spacial score (nSPS) is 15.6. The maximum Gasteiger partial charge on any atom is 0.253 e. The molecule has 0 bridgehead atoms. The molecule has 1 aromatic carbocycles. The van der Waals surface area contributed by atoms with Crippen molar-refractivity contribution in [1.82, 2.24) is 10.3 Å². The summed E-state index contributed by atoms with van der Waals surface area (Å²) in [5, 5.41) is 3.59. The third kappa shape index (κ3) is 4.18. The molecule has 1 fully saturated rings. The van der Waals surface area contributed by atoms with Crippen molar-refractivity contribution in [1.29, 1.82) is 0 Å². The molecule has 4 nitrogen and oxygen atoms in total. The van der Waals surface area contributed by atoms with Crippen LogP contribution >= 0.6 is 11.6 Å². The fraction of sp³-hybridized carbons (Fsp3) is 0.429. The van der Waals surface area contributed by atoms with E-state index in [2.05, 4.69) is 15.2 Å². The molecule has 2 heterocycles. The molecule has 2 aromatic rings. The molecule has 1 N–H and O–H groups in total. The van der Waals surface area contributed by atoms with E-state index in [1.165, 1.54) is 19.3 Å². The Morgan fingerprint density at radius 3 is 2.73 bits per heavy atom. The Morgan fingerprint density at radius 2 is 2.04 bits per heavy atom. The van der Waals surface area contributed by atoms with E-state index in [4.69, 9.17) is 11.6 Å². The van der Waals surface area contributed by atoms with Gasteiger partial charge in [0.2, 0.25) is 0 Å². The van der Waals surface area contributed by atoms with Gasteiger partial charge in [-0.2, -0.15) is 0 Å². The number of halogens is 1. The monoisotopic (exact) mass is 371 g/mol. The first-order valence-corrected chi connectivity index (χ1v) is 9.75. The molecule has 1 aromatic heterocycles. The number of anilines is 1. The first-order chi connectivity index (χ1) is 12.6. The molecule has 0 aliphatic carbocycles. The van der Waals surface area contributed by atoms with Crippen molar-refractivity contribution in [3.8, 4) is 0 Å². The number of nitrogens with one attached hydrogen (secondary N) is 1. The number of carbonyl (C=O) groups is 1. The summed E-state index contributed by atoms with van der Waals surface area (Å²) in [6.45, 7) is 6.13. The minimum Gasteiger partial charge on any atom is -0.372 e. The summed E-state index contributed by atoms with van der Waals surface area (Å²) in [4.78, 5) is 19.7. The lowest BCUT2D eigenvalue weighted by Crippen LogP contribution is -2.31. The molecule has 1 aliphatic rings. The van der Waals surface area contributed by atoms with Crippen molar-refractivity contribution >= 4 is 23.2 Å². The lowest BCUT2D eigenvalue weighted by Gasteiger charge is -2.29. The molecule has 138 valence electrons. The molecule has 1 aliphatic heterocycles. The van der Waals surface area contributed by atoms with Crippen LogP contribution in [0, 0.1) is 6.92 Å². The quantitative estimate of drug-likeness (QED) is 0.811. The second-order valence-corrected chi connectivity index (χ2v) is 7.26. The van der Waals surface area contributed by atoms with Crippen LogP contribution in [0.2, 0.25) is 5.02 Å². The Morgan fingerprint density at radius 1 is 1.27 bits per heavy atom. The van der Waals surface area contributed by atoms with Gasteiger partial charge in [0, 0.05) is 25.0 Å². The first kappa shape index (κ1) is 18.7. The SMILES string of the molecule is CCC(NC(=O)c1cc(N2CCCCC2)ccc1Cl)c1ncccc1C. The van der Waals surface area contributed by atoms with E-state index in [0.29, 0.717) is 10.6 Å². The number of amides is 1. The number of carbonyl (C=O) groups excluding carboxylic acids is 1. The van der Waals surface area contributed by atoms with Gasteiger partial charge in [-0.05, 0) is 62.4 Å². The highest BCUT2D eigenvalue weighted by atomic mass is 35.5. The zero-order chi connectivity index (χ0) is 18.5. The fourth-order valence-corrected chi connectivity index (χ4v) is 3.70. The molecule has 0 spiro atoms. The summed E-state index contributed by atoms with van der Waals surface area (Å²) in [5.74, 6) is -0.147. The summed E-state index contributed by atoms with van der Waals surface area (Å²) in [6, 6.07) is 9.55. The summed E-state index contributed by atoms with van der Waals surface area (Å²) >= 11 is 6.34. The van der Waals surface area contributed by atoms with Crippen LogP contribution in [0.15, 0.2) is 36.5 Å². The Balaban J connectivity index is 1.81. The van der Waals surface area contributed by atoms with E-state index in [-0.39, 0.29) is 11.9 Å². The predicted octanol–water partition coefficient (Wildman–Crippen LogP) is 4.91. The van der Waals surface area contributed by atoms with E-state index in [0.717, 1.165) is 36.5 Å². The van der Waals surface area contributed by atoms with Crippen LogP contribution in [-0.4, -0.2) is 24.0 Å². The number of benzene rings is 1. The zero-order valence-electron chi connectivity index (χ0n) is 15.5. The van der Waals surface area contributed by atoms with Crippen molar-refractivity contribution in [3.05, 3.63) is 58.4 Å². The summed E-state index contributed by atoms with van der Waals surface area (Å²) in [5.41, 5.74) is 3.59. The van der Waals surface area contributed by atoms with Gasteiger partial charge in [0.1, 0.15) is 0 Å². The Kier molecular flexibility index (Phi) is 6.15. The van der Waals surface area contributed by atoms with Gasteiger partial charge in [0.25, 0.3) is 5.91 Å². The molecule has 0 radical (unpaired) electrons. The van der Waals surface area contributed by atoms with Gasteiger partial charge < -0.3 is 10.2 Å². The Labute approximate surface area is 160 Å². The Hall–Kier alpha value is -2.07. The average molecular weight is 372 g/mol. The fourth-order valence-electron chi connectivity index (χ4n) is 3.50. The second-order valence-electron chi connectivity index (χ2n) is 6.85. The van der Waals surface area contributed by atoms with Gasteiger partial charge in [-0.25, -0.2) is 0 Å². The average Bonchev–Trinajstić information content (AvgIpc) is 2.67. The van der Waals surface area contributed by atoms with Crippen molar-refractivity contribution < 1.29 is 4.79 Å². The summed E-state index contributed by atoms with van der Waals surface area (Å²) in [6.07, 6.45) is 6.20. The number of hydrogen-bond donors (Lipinski definition) is 1. The van der Waals surface area contributed by atoms with Crippen LogP contribution in [-0.2, 0) is 0 Å². The van der Waals surface area contributed by atoms with Crippen LogP contribution < -0.4 is 10.2 Å². The van der Waals surface area contributed by atoms with Crippen molar-refractivity contribution in [3.63, 3.8) is 0 Å². The highest BCUT2D eigenvalue weighted by Crippen LogP contribution is 2.27. The standard InChI is InChI=1S/C21H26ClN3O/c1-3-19(20-15(2)8-7-11-23-20)24-21(26)17-14-16(9-10-18(17)22)25-12-5-4-6-13-25/h7-11,14,19H,3-6,12-13H2,1-2H3,(H,24,26). The summed E-state index contributed by atoms with van der Waals surface area (Å²) in [7, 11) is 0. The summed E-state index contributed by atoms with van der Waals surface area (Å²) < 4.78 is 0. The van der Waals surface area contributed by atoms with Gasteiger partial charge in [-0.1, -0.05) is 24.6 Å². The van der Waals surface area contributed by atoms with E-state index in [1.54, 1.807) is 6.20 Å². The molecule has 1 unspecified atom stereocenters. The van der Waals surface area contributed by atoms with Gasteiger partial charge in [0.05, 0.1) is 22.3 Å². The van der Waals surface area contributed by atoms with Crippen molar-refractivity contribution in [2.75, 3.05) is 18.0 Å². The molecule has 26 heavy (non-hydrogen) atoms. The third-order valence-corrected chi connectivity index (χ3v) is 5.34. The van der Waals surface area contributed by atoms with Gasteiger partial charge in [-0.15, -0.1) is 0 Å². The van der Waals surface area contributed by atoms with Gasteiger partial charge in [-0.3, -0.25) is 9.78 Å². The lowest BCUT2D eigenvalue weighted by molar-refractivity contribution is 0.0934. The van der Waals surface area contributed by atoms with Gasteiger partial charge >= 0.3 is 0 Å². The first-order valence-electron chi connectivity index (χ1n) is 9.37. The largest absolute Gasteiger partial charge is 0.372 e. The molecular formula is C21H26ClN3O. The predicted molar refractivity (Wildman–Crippen MR) is 107 cm³/mol. The van der Waals surface area contributed by atoms with E-state index < -0.39 is 0 Å². The Bertz CT molecular complexity index is 772. The number of hydrogen-bond acceptors (Lipinski definition) is 3. The number of rotatable bonds is 5. The number of aromatic nitrogens is 1. The highest BCUT2D eigenvalue weighted by Gasteiger charge is 2.20. The number of pyridine rings is 1. The van der Waals surface area contributed by atoms with Crippen LogP contribution in [0.5, 0.6) is 0 Å². The molecule has 1 atom stereocenters. The van der Waals surface area contributed by atoms with Crippen LogP contribution in [0.1, 0.15) is 60.3 Å². The maximum absolute atomic E-state index is 12.9. The van der Waals surface area contributed by atoms with E-state index in [1.807, 2.05) is 44.2 Å². The van der Waals surface area contributed by atoms with Crippen molar-refractivity contribution in [2.45, 2.75) is 45.6 Å². The smallest absolute Gasteiger partial charge is 0.253 e.